The number of hydrogen-bond acceptors (Lipinski definition) is 3. The second-order valence-electron chi connectivity index (χ2n) is 5.61. The number of likely N-dealkylation sites (N-methyl/N-ethyl adjacent to an activating group) is 1. The zero-order valence-corrected chi connectivity index (χ0v) is 14.9. The zero-order chi connectivity index (χ0) is 17.5. The van der Waals surface area contributed by atoms with Gasteiger partial charge in [-0.05, 0) is 37.4 Å². The summed E-state index contributed by atoms with van der Waals surface area (Å²) in [6, 6.07) is 11.5. The topological polar surface area (TPSA) is 35.5 Å². The number of halogens is 2. The molecule has 0 aliphatic rings. The summed E-state index contributed by atoms with van der Waals surface area (Å²) < 4.78 is 14.0. The van der Waals surface area contributed by atoms with Crippen LogP contribution in [0, 0.1) is 5.82 Å². The molecule has 130 valence electrons. The fraction of sp³-hybridized carbons (Fsp3) is 0.368. The second-order valence-corrected chi connectivity index (χ2v) is 6.05. The molecule has 0 radical (unpaired) electrons. The van der Waals surface area contributed by atoms with Crippen molar-refractivity contribution in [3.63, 3.8) is 0 Å². The first kappa shape index (κ1) is 18.7. The molecule has 2 aromatic carbocycles. The standard InChI is InChI=1S/C19H24ClFN2O/c1-3-23(4-2)12-11-22-18-10-9-14(20)13-16(18)19(24)15-7-5-6-8-17(15)21/h5-10,13,19,22,24H,3-4,11-12H2,1-2H3. The summed E-state index contributed by atoms with van der Waals surface area (Å²) in [5.74, 6) is -0.431. The van der Waals surface area contributed by atoms with Gasteiger partial charge in [-0.2, -0.15) is 0 Å². The van der Waals surface area contributed by atoms with E-state index in [0.717, 1.165) is 31.9 Å². The molecule has 2 rings (SSSR count). The number of nitrogens with zero attached hydrogens (tertiary/aromatic N) is 1. The highest BCUT2D eigenvalue weighted by Crippen LogP contribution is 2.31. The van der Waals surface area contributed by atoms with Crippen LogP contribution in [0.5, 0.6) is 0 Å². The van der Waals surface area contributed by atoms with Crippen molar-refractivity contribution in [3.05, 3.63) is 64.4 Å². The number of aliphatic hydroxyl groups excluding tert-OH is 1. The van der Waals surface area contributed by atoms with Gasteiger partial charge >= 0.3 is 0 Å². The summed E-state index contributed by atoms with van der Waals surface area (Å²) in [4.78, 5) is 2.30. The van der Waals surface area contributed by atoms with Crippen molar-refractivity contribution in [1.82, 2.24) is 4.90 Å². The van der Waals surface area contributed by atoms with Crippen molar-refractivity contribution >= 4 is 17.3 Å². The molecule has 0 aliphatic carbocycles. The first-order chi connectivity index (χ1) is 11.6. The van der Waals surface area contributed by atoms with Gasteiger partial charge in [0.2, 0.25) is 0 Å². The zero-order valence-electron chi connectivity index (χ0n) is 14.1. The third-order valence-electron chi connectivity index (χ3n) is 4.15. The molecule has 2 N–H and O–H groups in total. The van der Waals surface area contributed by atoms with E-state index >= 15 is 0 Å². The summed E-state index contributed by atoms with van der Waals surface area (Å²) in [7, 11) is 0. The van der Waals surface area contributed by atoms with Gasteiger partial charge in [-0.15, -0.1) is 0 Å². The van der Waals surface area contributed by atoms with Crippen molar-refractivity contribution in [2.75, 3.05) is 31.5 Å². The van der Waals surface area contributed by atoms with Crippen LogP contribution in [0.15, 0.2) is 42.5 Å². The molecule has 0 fully saturated rings. The second kappa shape index (κ2) is 9.02. The van der Waals surface area contributed by atoms with E-state index in [1.165, 1.54) is 6.07 Å². The van der Waals surface area contributed by atoms with E-state index in [1.807, 2.05) is 6.07 Å². The van der Waals surface area contributed by atoms with Crippen molar-refractivity contribution < 1.29 is 9.50 Å². The van der Waals surface area contributed by atoms with Crippen LogP contribution in [0.25, 0.3) is 0 Å². The number of rotatable bonds is 8. The molecule has 1 atom stereocenters. The Morgan fingerprint density at radius 1 is 1.12 bits per heavy atom. The smallest absolute Gasteiger partial charge is 0.129 e. The van der Waals surface area contributed by atoms with Crippen molar-refractivity contribution in [3.8, 4) is 0 Å². The maximum atomic E-state index is 14.0. The Balaban J connectivity index is 2.20. The average molecular weight is 351 g/mol. The Labute approximate surface area is 148 Å². The van der Waals surface area contributed by atoms with E-state index in [1.54, 1.807) is 30.3 Å². The summed E-state index contributed by atoms with van der Waals surface area (Å²) in [5.41, 5.74) is 1.58. The first-order valence-corrected chi connectivity index (χ1v) is 8.62. The summed E-state index contributed by atoms with van der Waals surface area (Å²) >= 11 is 6.08. The van der Waals surface area contributed by atoms with Gasteiger partial charge in [-0.3, -0.25) is 0 Å². The van der Waals surface area contributed by atoms with Crippen LogP contribution in [0.4, 0.5) is 10.1 Å². The fourth-order valence-electron chi connectivity index (χ4n) is 2.67. The molecule has 0 heterocycles. The van der Waals surface area contributed by atoms with Gasteiger partial charge in [0.15, 0.2) is 0 Å². The van der Waals surface area contributed by atoms with Crippen molar-refractivity contribution in [1.29, 1.82) is 0 Å². The van der Waals surface area contributed by atoms with Crippen LogP contribution in [0.2, 0.25) is 5.02 Å². The van der Waals surface area contributed by atoms with Gasteiger partial charge < -0.3 is 15.3 Å². The first-order valence-electron chi connectivity index (χ1n) is 8.25. The number of hydrogen-bond donors (Lipinski definition) is 2. The summed E-state index contributed by atoms with van der Waals surface area (Å²) in [6.07, 6.45) is -1.07. The van der Waals surface area contributed by atoms with E-state index in [-0.39, 0.29) is 5.56 Å². The maximum Gasteiger partial charge on any atom is 0.129 e. The van der Waals surface area contributed by atoms with E-state index < -0.39 is 11.9 Å². The lowest BCUT2D eigenvalue weighted by molar-refractivity contribution is 0.215. The average Bonchev–Trinajstić information content (AvgIpc) is 2.59. The molecule has 0 aromatic heterocycles. The molecule has 1 unspecified atom stereocenters. The van der Waals surface area contributed by atoms with Crippen LogP contribution >= 0.6 is 11.6 Å². The highest BCUT2D eigenvalue weighted by Gasteiger charge is 2.18. The van der Waals surface area contributed by atoms with E-state index in [2.05, 4.69) is 24.1 Å². The minimum atomic E-state index is -1.07. The molecule has 2 aromatic rings. The molecule has 0 saturated heterocycles. The van der Waals surface area contributed by atoms with Crippen molar-refractivity contribution in [2.45, 2.75) is 20.0 Å². The lowest BCUT2D eigenvalue weighted by Crippen LogP contribution is -2.28. The third-order valence-corrected chi connectivity index (χ3v) is 4.38. The van der Waals surface area contributed by atoms with Gasteiger partial charge in [0.1, 0.15) is 11.9 Å². The molecule has 0 spiro atoms. The van der Waals surface area contributed by atoms with Crippen LogP contribution in [0.3, 0.4) is 0 Å². The Kier molecular flexibility index (Phi) is 7.03. The minimum absolute atomic E-state index is 0.242. The van der Waals surface area contributed by atoms with E-state index in [4.69, 9.17) is 11.6 Å². The van der Waals surface area contributed by atoms with Gasteiger partial charge in [0, 0.05) is 34.9 Å². The van der Waals surface area contributed by atoms with Gasteiger partial charge in [-0.1, -0.05) is 43.6 Å². The number of nitrogens with one attached hydrogen (secondary N) is 1. The quantitative estimate of drug-likeness (QED) is 0.744. The third kappa shape index (κ3) is 4.69. The predicted octanol–water partition coefficient (Wildman–Crippen LogP) is 4.31. The molecule has 5 heteroatoms. The molecule has 0 bridgehead atoms. The van der Waals surface area contributed by atoms with Crippen LogP contribution < -0.4 is 5.32 Å². The molecule has 24 heavy (non-hydrogen) atoms. The predicted molar refractivity (Wildman–Crippen MR) is 98.2 cm³/mol. The highest BCUT2D eigenvalue weighted by atomic mass is 35.5. The Morgan fingerprint density at radius 3 is 2.50 bits per heavy atom. The number of aliphatic hydroxyl groups is 1. The number of benzene rings is 2. The Morgan fingerprint density at radius 2 is 1.83 bits per heavy atom. The molecular weight excluding hydrogens is 327 g/mol. The van der Waals surface area contributed by atoms with Gasteiger partial charge in [0.05, 0.1) is 0 Å². The molecule has 0 aliphatic heterocycles. The minimum Gasteiger partial charge on any atom is -0.383 e. The summed E-state index contributed by atoms with van der Waals surface area (Å²) in [5, 5.41) is 14.5. The van der Waals surface area contributed by atoms with E-state index in [9.17, 15) is 9.50 Å². The van der Waals surface area contributed by atoms with Crippen LogP contribution in [-0.4, -0.2) is 36.2 Å². The molecule has 0 amide bonds. The fourth-order valence-corrected chi connectivity index (χ4v) is 2.85. The Hall–Kier alpha value is -1.62. The van der Waals surface area contributed by atoms with Gasteiger partial charge in [0.25, 0.3) is 0 Å². The summed E-state index contributed by atoms with van der Waals surface area (Å²) in [6.45, 7) is 7.86. The van der Waals surface area contributed by atoms with Crippen LogP contribution in [0.1, 0.15) is 31.1 Å². The number of anilines is 1. The molecular formula is C19H24ClFN2O. The molecule has 3 nitrogen and oxygen atoms in total. The SMILES string of the molecule is CCN(CC)CCNc1ccc(Cl)cc1C(O)c1ccccc1F. The van der Waals surface area contributed by atoms with E-state index in [0.29, 0.717) is 10.6 Å². The van der Waals surface area contributed by atoms with Gasteiger partial charge in [-0.25, -0.2) is 4.39 Å². The maximum absolute atomic E-state index is 14.0. The molecule has 0 saturated carbocycles. The van der Waals surface area contributed by atoms with Crippen molar-refractivity contribution in [2.24, 2.45) is 0 Å². The largest absolute Gasteiger partial charge is 0.383 e. The lowest BCUT2D eigenvalue weighted by atomic mass is 9.99. The lowest BCUT2D eigenvalue weighted by Gasteiger charge is -2.21. The monoisotopic (exact) mass is 350 g/mol. The normalized spacial score (nSPS) is 12.4. The Bertz CT molecular complexity index is 662. The highest BCUT2D eigenvalue weighted by molar-refractivity contribution is 6.30. The van der Waals surface area contributed by atoms with Crippen LogP contribution in [-0.2, 0) is 0 Å².